The summed E-state index contributed by atoms with van der Waals surface area (Å²) in [6.45, 7) is 3.12. The molecule has 2 fully saturated rings. The van der Waals surface area contributed by atoms with Gasteiger partial charge in [-0.2, -0.15) is 4.98 Å². The maximum Gasteiger partial charge on any atom is 0.254 e. The Balaban J connectivity index is 1.55. The van der Waals surface area contributed by atoms with Gasteiger partial charge in [0.05, 0.1) is 13.2 Å². The van der Waals surface area contributed by atoms with Crippen molar-refractivity contribution in [3.8, 4) is 0 Å². The van der Waals surface area contributed by atoms with Crippen LogP contribution in [0.2, 0.25) is 0 Å². The van der Waals surface area contributed by atoms with Crippen LogP contribution in [0.15, 0.2) is 30.5 Å². The molecule has 1 aromatic heterocycles. The van der Waals surface area contributed by atoms with Crippen LogP contribution < -0.4 is 27.0 Å². The molecule has 9 heteroatoms. The van der Waals surface area contributed by atoms with Gasteiger partial charge in [0.15, 0.2) is 0 Å². The molecule has 0 bridgehead atoms. The zero-order chi connectivity index (χ0) is 20.9. The van der Waals surface area contributed by atoms with E-state index in [2.05, 4.69) is 31.6 Å². The van der Waals surface area contributed by atoms with Crippen LogP contribution in [0.3, 0.4) is 0 Å². The predicted molar refractivity (Wildman–Crippen MR) is 117 cm³/mol. The molecular weight excluding hydrogens is 382 g/mol. The van der Waals surface area contributed by atoms with Gasteiger partial charge >= 0.3 is 0 Å². The Labute approximate surface area is 176 Å². The number of primary amides is 1. The van der Waals surface area contributed by atoms with Gasteiger partial charge in [0.25, 0.3) is 5.91 Å². The number of nitrogens with zero attached hydrogens (tertiary/aromatic N) is 3. The Kier molecular flexibility index (Phi) is 6.29. The fourth-order valence-corrected chi connectivity index (χ4v) is 3.97. The van der Waals surface area contributed by atoms with E-state index in [0.717, 1.165) is 50.1 Å². The largest absolute Gasteiger partial charge is 0.378 e. The first-order chi connectivity index (χ1) is 14.6. The molecule has 2 aromatic rings. The van der Waals surface area contributed by atoms with E-state index >= 15 is 0 Å². The third-order valence-corrected chi connectivity index (χ3v) is 5.67. The third-order valence-electron chi connectivity index (χ3n) is 5.67. The molecule has 0 unspecified atom stereocenters. The monoisotopic (exact) mass is 411 g/mol. The second kappa shape index (κ2) is 9.27. The molecule has 1 aliphatic heterocycles. The van der Waals surface area contributed by atoms with Gasteiger partial charge in [0.1, 0.15) is 11.4 Å². The fraction of sp³-hybridized carbons (Fsp3) is 0.476. The standard InChI is InChI=1S/C21H29N7O2/c22-17-6-1-2-7-18(17)26-21-24-13-16(19(23)29)20(27-21)25-14-4-3-5-15(12-14)28-8-10-30-11-9-28/h3-5,12-13,17-18H,1-2,6-11,22H2,(H2,23,29)(H2,24,25,26,27)/t17-,18+/m0/s1. The fourth-order valence-electron chi connectivity index (χ4n) is 3.97. The van der Waals surface area contributed by atoms with E-state index in [4.69, 9.17) is 16.2 Å². The smallest absolute Gasteiger partial charge is 0.254 e. The minimum absolute atomic E-state index is 0.0692. The van der Waals surface area contributed by atoms with Gasteiger partial charge in [-0.15, -0.1) is 0 Å². The number of carbonyl (C=O) groups is 1. The number of anilines is 4. The van der Waals surface area contributed by atoms with Gasteiger partial charge in [-0.3, -0.25) is 4.79 Å². The lowest BCUT2D eigenvalue weighted by molar-refractivity contribution is 0.100. The Morgan fingerprint density at radius 2 is 2.00 bits per heavy atom. The molecule has 30 heavy (non-hydrogen) atoms. The predicted octanol–water partition coefficient (Wildman–Crippen LogP) is 1.84. The van der Waals surface area contributed by atoms with Gasteiger partial charge in [-0.25, -0.2) is 4.98 Å². The summed E-state index contributed by atoms with van der Waals surface area (Å²) in [5, 5.41) is 6.57. The lowest BCUT2D eigenvalue weighted by Gasteiger charge is -2.29. The van der Waals surface area contributed by atoms with E-state index in [1.807, 2.05) is 18.2 Å². The first-order valence-corrected chi connectivity index (χ1v) is 10.5. The average Bonchev–Trinajstić information content (AvgIpc) is 2.76. The lowest BCUT2D eigenvalue weighted by atomic mass is 9.91. The second-order valence-electron chi connectivity index (χ2n) is 7.79. The van der Waals surface area contributed by atoms with Crippen molar-refractivity contribution in [1.82, 2.24) is 9.97 Å². The third kappa shape index (κ3) is 4.80. The number of nitrogens with two attached hydrogens (primary N) is 2. The molecule has 2 heterocycles. The molecule has 9 nitrogen and oxygen atoms in total. The topological polar surface area (TPSA) is 131 Å². The van der Waals surface area contributed by atoms with Crippen molar-refractivity contribution in [3.63, 3.8) is 0 Å². The number of aromatic nitrogens is 2. The summed E-state index contributed by atoms with van der Waals surface area (Å²) < 4.78 is 5.43. The van der Waals surface area contributed by atoms with Gasteiger partial charge < -0.3 is 31.7 Å². The normalized spacial score (nSPS) is 21.8. The second-order valence-corrected chi connectivity index (χ2v) is 7.79. The molecule has 160 valence electrons. The lowest BCUT2D eigenvalue weighted by Crippen LogP contribution is -2.43. The number of benzene rings is 1. The number of morpholine rings is 1. The highest BCUT2D eigenvalue weighted by atomic mass is 16.5. The van der Waals surface area contributed by atoms with Crippen LogP contribution in [0.4, 0.5) is 23.1 Å². The van der Waals surface area contributed by atoms with Crippen LogP contribution in [0, 0.1) is 0 Å². The van der Waals surface area contributed by atoms with E-state index in [0.29, 0.717) is 25.0 Å². The summed E-state index contributed by atoms with van der Waals surface area (Å²) in [5.74, 6) is 0.237. The molecule has 1 aromatic carbocycles. The maximum atomic E-state index is 11.9. The highest BCUT2D eigenvalue weighted by Gasteiger charge is 2.23. The van der Waals surface area contributed by atoms with Crippen LogP contribution in [-0.2, 0) is 4.74 Å². The molecule has 0 radical (unpaired) electrons. The van der Waals surface area contributed by atoms with Crippen molar-refractivity contribution in [2.24, 2.45) is 11.5 Å². The molecule has 0 spiro atoms. The highest BCUT2D eigenvalue weighted by Crippen LogP contribution is 2.26. The number of hydrogen-bond acceptors (Lipinski definition) is 8. The van der Waals surface area contributed by atoms with Crippen LogP contribution in [0.1, 0.15) is 36.0 Å². The molecule has 1 saturated carbocycles. The van der Waals surface area contributed by atoms with Gasteiger partial charge in [-0.1, -0.05) is 18.9 Å². The summed E-state index contributed by atoms with van der Waals surface area (Å²) in [7, 11) is 0. The molecular formula is C21H29N7O2. The molecule has 2 atom stereocenters. The number of rotatable bonds is 6. The maximum absolute atomic E-state index is 11.9. The minimum Gasteiger partial charge on any atom is -0.378 e. The summed E-state index contributed by atoms with van der Waals surface area (Å²) in [5.41, 5.74) is 13.9. The Morgan fingerprint density at radius 1 is 1.20 bits per heavy atom. The van der Waals surface area contributed by atoms with Crippen molar-refractivity contribution < 1.29 is 9.53 Å². The van der Waals surface area contributed by atoms with E-state index in [1.54, 1.807) is 0 Å². The van der Waals surface area contributed by atoms with Crippen molar-refractivity contribution in [2.45, 2.75) is 37.8 Å². The first-order valence-electron chi connectivity index (χ1n) is 10.5. The van der Waals surface area contributed by atoms with Crippen molar-refractivity contribution >= 4 is 29.0 Å². The molecule has 2 aliphatic rings. The van der Waals surface area contributed by atoms with Gasteiger partial charge in [-0.05, 0) is 31.0 Å². The molecule has 1 saturated heterocycles. The van der Waals surface area contributed by atoms with E-state index in [-0.39, 0.29) is 17.6 Å². The zero-order valence-electron chi connectivity index (χ0n) is 17.0. The first kappa shape index (κ1) is 20.4. The van der Waals surface area contributed by atoms with Crippen LogP contribution in [0.5, 0.6) is 0 Å². The summed E-state index contributed by atoms with van der Waals surface area (Å²) in [6.07, 6.45) is 5.69. The van der Waals surface area contributed by atoms with E-state index < -0.39 is 5.91 Å². The molecule has 1 amide bonds. The molecule has 6 N–H and O–H groups in total. The van der Waals surface area contributed by atoms with Crippen LogP contribution in [-0.4, -0.2) is 54.3 Å². The number of amides is 1. The minimum atomic E-state index is -0.581. The number of hydrogen-bond donors (Lipinski definition) is 4. The Bertz CT molecular complexity index is 885. The summed E-state index contributed by atoms with van der Waals surface area (Å²) >= 11 is 0. The van der Waals surface area contributed by atoms with Crippen molar-refractivity contribution in [3.05, 3.63) is 36.0 Å². The van der Waals surface area contributed by atoms with Crippen molar-refractivity contribution in [1.29, 1.82) is 0 Å². The van der Waals surface area contributed by atoms with E-state index in [1.165, 1.54) is 6.20 Å². The number of ether oxygens (including phenoxy) is 1. The average molecular weight is 412 g/mol. The molecule has 4 rings (SSSR count). The van der Waals surface area contributed by atoms with Crippen molar-refractivity contribution in [2.75, 3.05) is 41.8 Å². The zero-order valence-corrected chi connectivity index (χ0v) is 17.0. The van der Waals surface area contributed by atoms with Crippen LogP contribution >= 0.6 is 0 Å². The Hall–Kier alpha value is -2.91. The highest BCUT2D eigenvalue weighted by molar-refractivity contribution is 5.98. The van der Waals surface area contributed by atoms with E-state index in [9.17, 15) is 4.79 Å². The quantitative estimate of drug-likeness (QED) is 0.566. The summed E-state index contributed by atoms with van der Waals surface area (Å²) in [4.78, 5) is 23.0. The number of nitrogens with one attached hydrogen (secondary N) is 2. The summed E-state index contributed by atoms with van der Waals surface area (Å²) in [6, 6.07) is 8.18. The van der Waals surface area contributed by atoms with Crippen LogP contribution in [0.25, 0.3) is 0 Å². The van der Waals surface area contributed by atoms with Gasteiger partial charge in [0.2, 0.25) is 5.95 Å². The number of carbonyl (C=O) groups excluding carboxylic acids is 1. The molecule has 1 aliphatic carbocycles. The Morgan fingerprint density at radius 3 is 2.77 bits per heavy atom. The SMILES string of the molecule is NC(=O)c1cnc(N[C@@H]2CCCC[C@@H]2N)nc1Nc1cccc(N2CCOCC2)c1. The van der Waals surface area contributed by atoms with Gasteiger partial charge in [0, 0.05) is 42.7 Å².